The van der Waals surface area contributed by atoms with Crippen LogP contribution in [-0.2, 0) is 11.3 Å². The zero-order valence-corrected chi connectivity index (χ0v) is 16.4. The SMILES string of the molecule is CC(C)[C@H](NC(=O)Nc1ccccc1)C(=O)NCc1ccc(-n2cccn2)nc1. The van der Waals surface area contributed by atoms with E-state index >= 15 is 0 Å². The number of nitrogens with one attached hydrogen (secondary N) is 3. The quantitative estimate of drug-likeness (QED) is 0.575. The fraction of sp³-hybridized carbons (Fsp3) is 0.238. The van der Waals surface area contributed by atoms with Crippen molar-refractivity contribution in [2.45, 2.75) is 26.4 Å². The number of nitrogens with zero attached hydrogens (tertiary/aromatic N) is 3. The van der Waals surface area contributed by atoms with Crippen LogP contribution in [0, 0.1) is 5.92 Å². The average molecular weight is 392 g/mol. The third kappa shape index (κ3) is 5.65. The molecule has 8 nitrogen and oxygen atoms in total. The van der Waals surface area contributed by atoms with E-state index in [-0.39, 0.29) is 11.8 Å². The van der Waals surface area contributed by atoms with Gasteiger partial charge in [-0.1, -0.05) is 38.1 Å². The van der Waals surface area contributed by atoms with E-state index in [2.05, 4.69) is 26.0 Å². The van der Waals surface area contributed by atoms with E-state index in [0.29, 0.717) is 18.1 Å². The minimum atomic E-state index is -0.657. The van der Waals surface area contributed by atoms with E-state index in [1.165, 1.54) is 0 Å². The Kier molecular flexibility index (Phi) is 6.57. The monoisotopic (exact) mass is 392 g/mol. The van der Waals surface area contributed by atoms with Crippen molar-refractivity contribution in [3.05, 3.63) is 72.7 Å². The van der Waals surface area contributed by atoms with Gasteiger partial charge in [0.2, 0.25) is 5.91 Å². The average Bonchev–Trinajstić information content (AvgIpc) is 3.26. The lowest BCUT2D eigenvalue weighted by molar-refractivity contribution is -0.124. The number of amides is 3. The first-order valence-corrected chi connectivity index (χ1v) is 9.38. The van der Waals surface area contributed by atoms with Gasteiger partial charge in [0.25, 0.3) is 0 Å². The number of hydrogen-bond donors (Lipinski definition) is 3. The van der Waals surface area contributed by atoms with Crippen LogP contribution in [0.2, 0.25) is 0 Å². The van der Waals surface area contributed by atoms with Crippen molar-refractivity contribution in [1.29, 1.82) is 0 Å². The molecule has 0 aliphatic carbocycles. The van der Waals surface area contributed by atoms with Crippen LogP contribution in [0.5, 0.6) is 0 Å². The summed E-state index contributed by atoms with van der Waals surface area (Å²) < 4.78 is 1.66. The van der Waals surface area contributed by atoms with Crippen molar-refractivity contribution in [2.24, 2.45) is 5.92 Å². The molecule has 0 unspecified atom stereocenters. The van der Waals surface area contributed by atoms with E-state index in [1.807, 2.05) is 56.4 Å². The zero-order chi connectivity index (χ0) is 20.6. The molecule has 1 atom stereocenters. The van der Waals surface area contributed by atoms with Gasteiger partial charge >= 0.3 is 6.03 Å². The fourth-order valence-electron chi connectivity index (χ4n) is 2.73. The Morgan fingerprint density at radius 2 is 1.86 bits per heavy atom. The van der Waals surface area contributed by atoms with Gasteiger partial charge in [-0.05, 0) is 35.7 Å². The molecule has 0 saturated heterocycles. The Morgan fingerprint density at radius 1 is 1.07 bits per heavy atom. The smallest absolute Gasteiger partial charge is 0.319 e. The molecule has 2 heterocycles. The number of urea groups is 1. The molecule has 3 N–H and O–H groups in total. The lowest BCUT2D eigenvalue weighted by Crippen LogP contribution is -2.50. The Morgan fingerprint density at radius 3 is 2.48 bits per heavy atom. The van der Waals surface area contributed by atoms with Gasteiger partial charge in [-0.3, -0.25) is 4.79 Å². The molecule has 8 heteroatoms. The molecular formula is C21H24N6O2. The Hall–Kier alpha value is -3.68. The summed E-state index contributed by atoms with van der Waals surface area (Å²) >= 11 is 0. The second-order valence-electron chi connectivity index (χ2n) is 6.88. The number of aromatic nitrogens is 3. The van der Waals surface area contributed by atoms with Gasteiger partial charge in [0, 0.05) is 30.8 Å². The highest BCUT2D eigenvalue weighted by Crippen LogP contribution is 2.08. The lowest BCUT2D eigenvalue weighted by atomic mass is 10.0. The first-order valence-electron chi connectivity index (χ1n) is 9.38. The van der Waals surface area contributed by atoms with Crippen LogP contribution in [0.3, 0.4) is 0 Å². The zero-order valence-electron chi connectivity index (χ0n) is 16.4. The number of carbonyl (C=O) groups excluding carboxylic acids is 2. The molecule has 0 fully saturated rings. The van der Waals surface area contributed by atoms with E-state index in [0.717, 1.165) is 5.56 Å². The summed E-state index contributed by atoms with van der Waals surface area (Å²) in [5.74, 6) is 0.376. The van der Waals surface area contributed by atoms with Gasteiger partial charge in [0.15, 0.2) is 5.82 Å². The molecule has 3 amide bonds. The number of anilines is 1. The molecule has 0 bridgehead atoms. The standard InChI is InChI=1S/C21H24N6O2/c1-15(2)19(26-21(29)25-17-7-4-3-5-8-17)20(28)23-14-16-9-10-18(22-13-16)27-12-6-11-24-27/h3-13,15,19H,14H2,1-2H3,(H,23,28)(H2,25,26,29)/t19-/m0/s1. The van der Waals surface area contributed by atoms with Gasteiger partial charge < -0.3 is 16.0 Å². The van der Waals surface area contributed by atoms with E-state index in [9.17, 15) is 9.59 Å². The van der Waals surface area contributed by atoms with Crippen LogP contribution in [0.1, 0.15) is 19.4 Å². The summed E-state index contributed by atoms with van der Waals surface area (Å²) in [6, 6.07) is 13.5. The van der Waals surface area contributed by atoms with Gasteiger partial charge in [-0.2, -0.15) is 5.10 Å². The molecule has 1 aromatic carbocycles. The highest BCUT2D eigenvalue weighted by Gasteiger charge is 2.24. The van der Waals surface area contributed by atoms with Crippen LogP contribution in [0.4, 0.5) is 10.5 Å². The number of para-hydroxylation sites is 1. The summed E-state index contributed by atoms with van der Waals surface area (Å²) in [5.41, 5.74) is 1.52. The third-order valence-corrected chi connectivity index (χ3v) is 4.28. The van der Waals surface area contributed by atoms with E-state index in [4.69, 9.17) is 0 Å². The van der Waals surface area contributed by atoms with Crippen LogP contribution in [0.15, 0.2) is 67.1 Å². The Bertz CT molecular complexity index is 924. The van der Waals surface area contributed by atoms with Crippen LogP contribution in [0.25, 0.3) is 5.82 Å². The van der Waals surface area contributed by atoms with E-state index < -0.39 is 12.1 Å². The van der Waals surface area contributed by atoms with Crippen LogP contribution < -0.4 is 16.0 Å². The largest absolute Gasteiger partial charge is 0.350 e. The normalized spacial score (nSPS) is 11.7. The van der Waals surface area contributed by atoms with Crippen LogP contribution >= 0.6 is 0 Å². The molecule has 0 spiro atoms. The summed E-state index contributed by atoms with van der Waals surface area (Å²) in [6.45, 7) is 4.08. The molecular weight excluding hydrogens is 368 g/mol. The van der Waals surface area contributed by atoms with Gasteiger partial charge in [0.05, 0.1) is 0 Å². The molecule has 0 aliphatic heterocycles. The second kappa shape index (κ2) is 9.50. The second-order valence-corrected chi connectivity index (χ2v) is 6.88. The number of rotatable bonds is 7. The predicted octanol–water partition coefficient (Wildman–Crippen LogP) is 2.73. The molecule has 2 aromatic heterocycles. The lowest BCUT2D eigenvalue weighted by Gasteiger charge is -2.22. The van der Waals surface area contributed by atoms with Crippen molar-refractivity contribution >= 4 is 17.6 Å². The summed E-state index contributed by atoms with van der Waals surface area (Å²) in [4.78, 5) is 29.2. The summed E-state index contributed by atoms with van der Waals surface area (Å²) in [7, 11) is 0. The maximum atomic E-state index is 12.6. The minimum absolute atomic E-state index is 0.0724. The first kappa shape index (κ1) is 20.1. The highest BCUT2D eigenvalue weighted by atomic mass is 16.2. The van der Waals surface area contributed by atoms with Crippen molar-refractivity contribution in [3.8, 4) is 5.82 Å². The van der Waals surface area contributed by atoms with Crippen LogP contribution in [-0.4, -0.2) is 32.7 Å². The van der Waals surface area contributed by atoms with Crippen molar-refractivity contribution < 1.29 is 9.59 Å². The number of pyridine rings is 1. The summed E-state index contributed by atoms with van der Waals surface area (Å²) in [6.07, 6.45) is 5.18. The first-order chi connectivity index (χ1) is 14.0. The molecule has 0 radical (unpaired) electrons. The fourth-order valence-corrected chi connectivity index (χ4v) is 2.73. The molecule has 3 aromatic rings. The number of hydrogen-bond acceptors (Lipinski definition) is 4. The maximum absolute atomic E-state index is 12.6. The van der Waals surface area contributed by atoms with Crippen molar-refractivity contribution in [1.82, 2.24) is 25.4 Å². The highest BCUT2D eigenvalue weighted by molar-refractivity contribution is 5.93. The van der Waals surface area contributed by atoms with Gasteiger partial charge in [-0.25, -0.2) is 14.5 Å². The number of carbonyl (C=O) groups is 2. The van der Waals surface area contributed by atoms with Crippen molar-refractivity contribution in [2.75, 3.05) is 5.32 Å². The maximum Gasteiger partial charge on any atom is 0.319 e. The molecule has 29 heavy (non-hydrogen) atoms. The van der Waals surface area contributed by atoms with Crippen molar-refractivity contribution in [3.63, 3.8) is 0 Å². The van der Waals surface area contributed by atoms with Gasteiger partial charge in [-0.15, -0.1) is 0 Å². The Balaban J connectivity index is 1.54. The molecule has 3 rings (SSSR count). The van der Waals surface area contributed by atoms with Gasteiger partial charge in [0.1, 0.15) is 6.04 Å². The molecule has 0 aliphatic rings. The van der Waals surface area contributed by atoms with E-state index in [1.54, 1.807) is 29.2 Å². The predicted molar refractivity (Wildman–Crippen MR) is 110 cm³/mol. The third-order valence-electron chi connectivity index (χ3n) is 4.28. The summed E-state index contributed by atoms with van der Waals surface area (Å²) in [5, 5.41) is 12.5. The topological polar surface area (TPSA) is 101 Å². The minimum Gasteiger partial charge on any atom is -0.350 e. The Labute approximate surface area is 169 Å². The number of benzene rings is 1. The molecule has 150 valence electrons. The molecule has 0 saturated carbocycles.